The zero-order valence-electron chi connectivity index (χ0n) is 23.6. The van der Waals surface area contributed by atoms with Gasteiger partial charge in [0, 0.05) is 0 Å². The summed E-state index contributed by atoms with van der Waals surface area (Å²) in [5, 5.41) is -2.44. The van der Waals surface area contributed by atoms with Crippen molar-refractivity contribution < 1.29 is 167 Å². The molecular weight excluding hydrogens is 839 g/mol. The standard InChI is InChI=1S/2C6H3F11.C6H8F2O7S.Na/c2*7-1-3(10,11)5(14,15)6(16,17)4(12,13)2(8)9;7-2-14-5(9)1-4(16(11,12)13)6(10)15-3-8;/h2*2H,1H2;4H,1-3H2,(H,11,12,13);/q;;;+1/p-1. The maximum absolute atomic E-state index is 12.3. The molecule has 1 unspecified atom stereocenters. The van der Waals surface area contributed by atoms with Gasteiger partial charge in [0.05, 0.1) is 6.42 Å². The van der Waals surface area contributed by atoms with Gasteiger partial charge in [0.2, 0.25) is 13.7 Å². The molecule has 0 aromatic rings. The van der Waals surface area contributed by atoms with E-state index >= 15 is 0 Å². The van der Waals surface area contributed by atoms with Gasteiger partial charge in [0.25, 0.3) is 0 Å². The van der Waals surface area contributed by atoms with Crippen molar-refractivity contribution in [1.82, 2.24) is 0 Å². The van der Waals surface area contributed by atoms with Crippen LogP contribution < -0.4 is 29.6 Å². The molecule has 0 aliphatic heterocycles. The second kappa shape index (κ2) is 19.5. The van der Waals surface area contributed by atoms with Crippen LogP contribution in [0.25, 0.3) is 0 Å². The number of rotatable bonds is 16. The summed E-state index contributed by atoms with van der Waals surface area (Å²) in [5.74, 6) is -57.2. The minimum Gasteiger partial charge on any atom is -0.747 e. The van der Waals surface area contributed by atoms with Crippen LogP contribution in [-0.2, 0) is 29.2 Å². The molecule has 0 fully saturated rings. The molecule has 0 aromatic heterocycles. The van der Waals surface area contributed by atoms with Gasteiger partial charge >= 0.3 is 102 Å². The molecule has 0 spiro atoms. The average Bonchev–Trinajstić information content (AvgIpc) is 2.95. The molecule has 302 valence electrons. The summed E-state index contributed by atoms with van der Waals surface area (Å²) < 4.78 is 325. The van der Waals surface area contributed by atoms with E-state index in [1.807, 2.05) is 0 Å². The van der Waals surface area contributed by atoms with Crippen molar-refractivity contribution in [2.24, 2.45) is 0 Å². The van der Waals surface area contributed by atoms with E-state index in [9.17, 15) is 128 Å². The van der Waals surface area contributed by atoms with Crippen LogP contribution in [0.3, 0.4) is 0 Å². The van der Waals surface area contributed by atoms with E-state index in [1.165, 1.54) is 0 Å². The van der Waals surface area contributed by atoms with E-state index in [-0.39, 0.29) is 29.6 Å². The Labute approximate surface area is 288 Å². The first-order valence-corrected chi connectivity index (χ1v) is 12.4. The summed E-state index contributed by atoms with van der Waals surface area (Å²) in [4.78, 5) is 21.4. The van der Waals surface area contributed by atoms with Gasteiger partial charge in [-0.25, -0.2) is 43.5 Å². The van der Waals surface area contributed by atoms with Crippen molar-refractivity contribution in [3.8, 4) is 0 Å². The largest absolute Gasteiger partial charge is 1.00 e. The summed E-state index contributed by atoms with van der Waals surface area (Å²) in [6.45, 7) is -10.0. The molecule has 51 heavy (non-hydrogen) atoms. The van der Waals surface area contributed by atoms with Gasteiger partial charge in [-0.15, -0.1) is 0 Å². The molecule has 0 bridgehead atoms. The fourth-order valence-corrected chi connectivity index (χ4v) is 2.68. The molecule has 0 saturated heterocycles. The molecule has 0 amide bonds. The number of carbonyl (C=O) groups is 2. The Kier molecular flexibility index (Phi) is 21.4. The average molecular weight is 852 g/mol. The zero-order chi connectivity index (χ0) is 41.3. The van der Waals surface area contributed by atoms with Gasteiger partial charge in [-0.2, -0.15) is 70.2 Å². The number of carbonyl (C=O) groups excluding carboxylic acids is 2. The molecule has 0 rings (SSSR count). The van der Waals surface area contributed by atoms with Crippen LogP contribution in [0.15, 0.2) is 0 Å². The maximum Gasteiger partial charge on any atom is 1.00 e. The smallest absolute Gasteiger partial charge is 0.747 e. The van der Waals surface area contributed by atoms with Crippen molar-refractivity contribution in [3.05, 3.63) is 0 Å². The number of alkyl halides is 24. The summed E-state index contributed by atoms with van der Waals surface area (Å²) in [6.07, 6.45) is -11.9. The number of ether oxygens (including phenoxy) is 2. The summed E-state index contributed by atoms with van der Waals surface area (Å²) in [5.41, 5.74) is 0. The van der Waals surface area contributed by atoms with Crippen LogP contribution in [-0.4, -0.2) is 117 Å². The predicted molar refractivity (Wildman–Crippen MR) is 106 cm³/mol. The Bertz CT molecular complexity index is 1140. The first-order valence-electron chi connectivity index (χ1n) is 10.9. The van der Waals surface area contributed by atoms with Gasteiger partial charge in [0.15, 0.2) is 18.6 Å². The normalized spacial score (nSPS) is 14.4. The van der Waals surface area contributed by atoms with E-state index < -0.39 is 121 Å². The van der Waals surface area contributed by atoms with Gasteiger partial charge < -0.3 is 14.0 Å². The minimum absolute atomic E-state index is 0. The fourth-order valence-electron chi connectivity index (χ4n) is 2.04. The molecule has 0 saturated carbocycles. The number of esters is 2. The summed E-state index contributed by atoms with van der Waals surface area (Å²) in [6, 6.07) is 0. The molecule has 1 atom stereocenters. The van der Waals surface area contributed by atoms with Crippen molar-refractivity contribution >= 4 is 22.1 Å². The summed E-state index contributed by atoms with van der Waals surface area (Å²) >= 11 is 0. The van der Waals surface area contributed by atoms with Crippen LogP contribution in [0, 0.1) is 0 Å². The van der Waals surface area contributed by atoms with E-state index in [4.69, 9.17) is 0 Å². The molecule has 0 N–H and O–H groups in total. The van der Waals surface area contributed by atoms with E-state index in [0.29, 0.717) is 0 Å². The third-order valence-corrected chi connectivity index (χ3v) is 5.86. The molecule has 0 heterocycles. The molecule has 33 heteroatoms. The Hall–Kier alpha value is -1.83. The topological polar surface area (TPSA) is 110 Å². The molecule has 0 radical (unpaired) electrons. The quantitative estimate of drug-likeness (QED) is 0.101. The number of halogens is 24. The van der Waals surface area contributed by atoms with Gasteiger partial charge in [-0.3, -0.25) is 9.59 Å². The number of hydrogen-bond donors (Lipinski definition) is 0. The van der Waals surface area contributed by atoms with Gasteiger partial charge in [-0.1, -0.05) is 0 Å². The second-order valence-electron chi connectivity index (χ2n) is 8.20. The fraction of sp³-hybridized carbons (Fsp3) is 0.889. The monoisotopic (exact) mass is 852 g/mol. The van der Waals surface area contributed by atoms with Crippen molar-refractivity contribution in [2.75, 3.05) is 27.1 Å². The molecule has 0 aliphatic carbocycles. The third kappa shape index (κ3) is 12.6. The Morgan fingerprint density at radius 1 is 0.549 bits per heavy atom. The van der Waals surface area contributed by atoms with Crippen LogP contribution >= 0.6 is 0 Å². The molecule has 0 aliphatic rings. The second-order valence-corrected chi connectivity index (χ2v) is 9.76. The van der Waals surface area contributed by atoms with Crippen LogP contribution in [0.4, 0.5) is 105 Å². The molecule has 0 aromatic carbocycles. The van der Waals surface area contributed by atoms with Crippen LogP contribution in [0.5, 0.6) is 0 Å². The Morgan fingerprint density at radius 2 is 0.824 bits per heavy atom. The Morgan fingerprint density at radius 3 is 1.02 bits per heavy atom. The first kappa shape index (κ1) is 55.9. The van der Waals surface area contributed by atoms with Crippen molar-refractivity contribution in [3.63, 3.8) is 0 Å². The minimum atomic E-state index is -7.11. The molecular formula is C18H13F24NaO7S. The predicted octanol–water partition coefficient (Wildman–Crippen LogP) is 3.76. The van der Waals surface area contributed by atoms with Crippen LogP contribution in [0.2, 0.25) is 0 Å². The van der Waals surface area contributed by atoms with Gasteiger partial charge in [0.1, 0.15) is 10.1 Å². The zero-order valence-corrected chi connectivity index (χ0v) is 26.4. The van der Waals surface area contributed by atoms with E-state index in [1.54, 1.807) is 0 Å². The first-order chi connectivity index (χ1) is 21.8. The SMILES string of the molecule is FCC(F)(F)C(F)(F)C(F)(F)C(F)(F)C(F)F.FCC(F)(F)C(F)(F)C(F)(F)C(F)(F)C(F)F.O=C(CC(C(=O)OCF)S(=O)(=O)[O-])OCF.[Na+]. The van der Waals surface area contributed by atoms with Crippen LogP contribution in [0.1, 0.15) is 6.42 Å². The number of hydrogen-bond acceptors (Lipinski definition) is 7. The van der Waals surface area contributed by atoms with Gasteiger partial charge in [-0.05, 0) is 0 Å². The molecule has 7 nitrogen and oxygen atoms in total. The van der Waals surface area contributed by atoms with Crippen molar-refractivity contribution in [1.29, 1.82) is 0 Å². The maximum atomic E-state index is 12.3. The van der Waals surface area contributed by atoms with E-state index in [0.717, 1.165) is 0 Å². The third-order valence-electron chi connectivity index (χ3n) is 4.80. The van der Waals surface area contributed by atoms with Crippen molar-refractivity contribution in [2.45, 2.75) is 71.9 Å². The summed E-state index contributed by atoms with van der Waals surface area (Å²) in [7, 11) is -5.21. The Balaban J connectivity index is -0.000000322. The van der Waals surface area contributed by atoms with E-state index in [2.05, 4.69) is 9.47 Å².